The molecule has 0 aliphatic carbocycles. The van der Waals surface area contributed by atoms with E-state index in [1.807, 2.05) is 27.3 Å². The number of hydrogen-bond donors (Lipinski definition) is 2. The van der Waals surface area contributed by atoms with Crippen LogP contribution in [0.5, 0.6) is 0 Å². The highest BCUT2D eigenvalue weighted by Gasteiger charge is 2.24. The second-order valence-corrected chi connectivity index (χ2v) is 5.72. The van der Waals surface area contributed by atoms with Crippen molar-refractivity contribution < 1.29 is 4.79 Å². The Morgan fingerprint density at radius 3 is 2.38 bits per heavy atom. The van der Waals surface area contributed by atoms with Gasteiger partial charge in [-0.15, -0.1) is 11.3 Å². The molecule has 1 amide bonds. The maximum atomic E-state index is 12.3. The number of hydrogen-bond acceptors (Lipinski definition) is 7. The van der Waals surface area contributed by atoms with Crippen molar-refractivity contribution in [3.8, 4) is 0 Å². The Morgan fingerprint density at radius 2 is 1.81 bits per heavy atom. The first-order chi connectivity index (χ1) is 10.1. The van der Waals surface area contributed by atoms with Crippen molar-refractivity contribution in [3.05, 3.63) is 28.5 Å². The first-order valence-corrected chi connectivity index (χ1v) is 7.49. The highest BCUT2D eigenvalue weighted by Crippen LogP contribution is 2.17. The summed E-state index contributed by atoms with van der Waals surface area (Å²) in [6.07, 6.45) is 0. The van der Waals surface area contributed by atoms with Crippen molar-refractivity contribution in [2.45, 2.75) is 0 Å². The number of aromatic nitrogens is 2. The van der Waals surface area contributed by atoms with E-state index >= 15 is 0 Å². The number of nitrogens with zero attached hydrogens (tertiary/aromatic N) is 4. The first kappa shape index (κ1) is 13.6. The highest BCUT2D eigenvalue weighted by molar-refractivity contribution is 7.12. The van der Waals surface area contributed by atoms with Crippen molar-refractivity contribution in [2.24, 2.45) is 0 Å². The number of carbonyl (C=O) groups is 1. The lowest BCUT2D eigenvalue weighted by Crippen LogP contribution is -2.49. The summed E-state index contributed by atoms with van der Waals surface area (Å²) in [5.74, 6) is 1.32. The van der Waals surface area contributed by atoms with E-state index in [0.29, 0.717) is 43.8 Å². The lowest BCUT2D eigenvalue weighted by atomic mass is 10.3. The SMILES string of the molecule is Nc1cc(N)nc(N2CCN(C(=O)c3cccs3)CC2)n1. The molecule has 3 heterocycles. The van der Waals surface area contributed by atoms with Crippen molar-refractivity contribution in [1.82, 2.24) is 14.9 Å². The summed E-state index contributed by atoms with van der Waals surface area (Å²) in [5, 5.41) is 1.91. The molecule has 2 aromatic heterocycles. The summed E-state index contributed by atoms with van der Waals surface area (Å²) < 4.78 is 0. The second-order valence-electron chi connectivity index (χ2n) is 4.77. The van der Waals surface area contributed by atoms with E-state index < -0.39 is 0 Å². The third kappa shape index (κ3) is 2.89. The van der Waals surface area contributed by atoms with E-state index in [4.69, 9.17) is 11.5 Å². The third-order valence-corrected chi connectivity index (χ3v) is 4.19. The topological polar surface area (TPSA) is 101 Å². The molecule has 0 unspecified atom stereocenters. The van der Waals surface area contributed by atoms with Crippen LogP contribution in [0.25, 0.3) is 0 Å². The van der Waals surface area contributed by atoms with Gasteiger partial charge in [0.25, 0.3) is 5.91 Å². The molecule has 1 saturated heterocycles. The average molecular weight is 304 g/mol. The summed E-state index contributed by atoms with van der Waals surface area (Å²) >= 11 is 1.46. The molecule has 1 aliphatic rings. The minimum atomic E-state index is 0.0812. The molecule has 21 heavy (non-hydrogen) atoms. The number of thiophene rings is 1. The Labute approximate surface area is 126 Å². The Kier molecular flexibility index (Phi) is 3.61. The van der Waals surface area contributed by atoms with Crippen LogP contribution < -0.4 is 16.4 Å². The van der Waals surface area contributed by atoms with Crippen molar-refractivity contribution >= 4 is 34.8 Å². The quantitative estimate of drug-likeness (QED) is 0.845. The maximum Gasteiger partial charge on any atom is 0.264 e. The van der Waals surface area contributed by atoms with E-state index in [9.17, 15) is 4.79 Å². The molecule has 2 aromatic rings. The van der Waals surface area contributed by atoms with E-state index in [0.717, 1.165) is 4.88 Å². The van der Waals surface area contributed by atoms with Gasteiger partial charge in [0.2, 0.25) is 5.95 Å². The van der Waals surface area contributed by atoms with E-state index in [1.54, 1.807) is 0 Å². The zero-order chi connectivity index (χ0) is 14.8. The van der Waals surface area contributed by atoms with Gasteiger partial charge in [-0.1, -0.05) is 6.07 Å². The van der Waals surface area contributed by atoms with Gasteiger partial charge in [0.05, 0.1) is 4.88 Å². The van der Waals surface area contributed by atoms with Crippen molar-refractivity contribution in [1.29, 1.82) is 0 Å². The lowest BCUT2D eigenvalue weighted by molar-refractivity contribution is 0.0751. The van der Waals surface area contributed by atoms with Gasteiger partial charge < -0.3 is 21.3 Å². The molecule has 0 aromatic carbocycles. The molecule has 0 radical (unpaired) electrons. The van der Waals surface area contributed by atoms with Crippen LogP contribution in [0.4, 0.5) is 17.6 Å². The molecular formula is C13H16N6OS. The number of rotatable bonds is 2. The van der Waals surface area contributed by atoms with Gasteiger partial charge in [0.15, 0.2) is 0 Å². The van der Waals surface area contributed by atoms with Crippen LogP contribution in [0.2, 0.25) is 0 Å². The Balaban J connectivity index is 1.66. The molecule has 4 N–H and O–H groups in total. The minimum absolute atomic E-state index is 0.0812. The predicted octanol–water partition coefficient (Wildman–Crippen LogP) is 0.665. The van der Waals surface area contributed by atoms with Gasteiger partial charge in [0, 0.05) is 32.2 Å². The van der Waals surface area contributed by atoms with Crippen LogP contribution >= 0.6 is 11.3 Å². The molecule has 0 spiro atoms. The Bertz CT molecular complexity index is 616. The molecular weight excluding hydrogens is 288 g/mol. The second kappa shape index (κ2) is 5.57. The normalized spacial score (nSPS) is 15.2. The fourth-order valence-corrected chi connectivity index (χ4v) is 2.97. The van der Waals surface area contributed by atoms with Gasteiger partial charge in [-0.05, 0) is 11.4 Å². The number of anilines is 3. The molecule has 1 aliphatic heterocycles. The number of carbonyl (C=O) groups excluding carboxylic acids is 1. The Morgan fingerprint density at radius 1 is 1.14 bits per heavy atom. The summed E-state index contributed by atoms with van der Waals surface area (Å²) in [4.78, 5) is 25.2. The molecule has 0 saturated carbocycles. The number of nitrogens with two attached hydrogens (primary N) is 2. The van der Waals surface area contributed by atoms with Crippen LogP contribution in [0.1, 0.15) is 9.67 Å². The zero-order valence-electron chi connectivity index (χ0n) is 11.4. The zero-order valence-corrected chi connectivity index (χ0v) is 12.2. The van der Waals surface area contributed by atoms with E-state index in [1.165, 1.54) is 17.4 Å². The highest BCUT2D eigenvalue weighted by atomic mass is 32.1. The van der Waals surface area contributed by atoms with Crippen LogP contribution in [-0.2, 0) is 0 Å². The molecule has 1 fully saturated rings. The van der Waals surface area contributed by atoms with Gasteiger partial charge in [0.1, 0.15) is 11.6 Å². The predicted molar refractivity (Wildman–Crippen MR) is 83.3 cm³/mol. The number of amides is 1. The summed E-state index contributed by atoms with van der Waals surface area (Å²) in [5.41, 5.74) is 11.4. The number of nitrogen functional groups attached to an aromatic ring is 2. The molecule has 0 atom stereocenters. The summed E-state index contributed by atoms with van der Waals surface area (Å²) in [6.45, 7) is 2.60. The Hall–Kier alpha value is -2.35. The number of piperazine rings is 1. The largest absolute Gasteiger partial charge is 0.383 e. The summed E-state index contributed by atoms with van der Waals surface area (Å²) in [7, 11) is 0. The van der Waals surface area contributed by atoms with Crippen molar-refractivity contribution in [3.63, 3.8) is 0 Å². The standard InChI is InChI=1S/C13H16N6OS/c14-10-8-11(15)17-13(16-10)19-5-3-18(4-6-19)12(20)9-2-1-7-21-9/h1-2,7-8H,3-6H2,(H4,14,15,16,17). The monoisotopic (exact) mass is 304 g/mol. The van der Waals surface area contributed by atoms with Gasteiger partial charge >= 0.3 is 0 Å². The van der Waals surface area contributed by atoms with Gasteiger partial charge in [-0.25, -0.2) is 0 Å². The first-order valence-electron chi connectivity index (χ1n) is 6.61. The maximum absolute atomic E-state index is 12.3. The minimum Gasteiger partial charge on any atom is -0.383 e. The van der Waals surface area contributed by atoms with Gasteiger partial charge in [-0.3, -0.25) is 4.79 Å². The van der Waals surface area contributed by atoms with Gasteiger partial charge in [-0.2, -0.15) is 9.97 Å². The lowest BCUT2D eigenvalue weighted by Gasteiger charge is -2.34. The summed E-state index contributed by atoms with van der Waals surface area (Å²) in [6, 6.07) is 5.26. The third-order valence-electron chi connectivity index (χ3n) is 3.34. The molecule has 110 valence electrons. The molecule has 8 heteroatoms. The van der Waals surface area contributed by atoms with Crippen molar-refractivity contribution in [2.75, 3.05) is 42.5 Å². The van der Waals surface area contributed by atoms with Crippen LogP contribution in [0.3, 0.4) is 0 Å². The van der Waals surface area contributed by atoms with E-state index in [2.05, 4.69) is 9.97 Å². The smallest absolute Gasteiger partial charge is 0.264 e. The van der Waals surface area contributed by atoms with E-state index in [-0.39, 0.29) is 5.91 Å². The average Bonchev–Trinajstić information content (AvgIpc) is 3.00. The molecule has 0 bridgehead atoms. The molecule has 7 nitrogen and oxygen atoms in total. The van der Waals surface area contributed by atoms with Crippen LogP contribution in [-0.4, -0.2) is 47.0 Å². The van der Waals surface area contributed by atoms with Crippen LogP contribution in [0, 0.1) is 0 Å². The fourth-order valence-electron chi connectivity index (χ4n) is 2.28. The molecule has 3 rings (SSSR count). The fraction of sp³-hybridized carbons (Fsp3) is 0.308. The van der Waals surface area contributed by atoms with Crippen LogP contribution in [0.15, 0.2) is 23.6 Å².